The van der Waals surface area contributed by atoms with Gasteiger partial charge in [0.2, 0.25) is 0 Å². The molecule has 0 fully saturated rings. The Hall–Kier alpha value is 0.570. The van der Waals surface area contributed by atoms with Crippen molar-refractivity contribution in [2.75, 3.05) is 0 Å². The van der Waals surface area contributed by atoms with Crippen molar-refractivity contribution >= 4 is 61.2 Å². The molecule has 1 unspecified atom stereocenters. The lowest BCUT2D eigenvalue weighted by Crippen LogP contribution is -2.09. The normalized spacial score (nSPS) is 13.1. The van der Waals surface area contributed by atoms with Crippen molar-refractivity contribution in [1.82, 2.24) is 0 Å². The Bertz CT molecular complexity index is 477. The Kier molecular flexibility index (Phi) is 3.88. The smallest absolute Gasteiger partial charge is 0.0666 e. The van der Waals surface area contributed by atoms with Crippen LogP contribution in [0.2, 0.25) is 0 Å². The van der Waals surface area contributed by atoms with E-state index in [-0.39, 0.29) is 6.04 Å². The summed E-state index contributed by atoms with van der Waals surface area (Å²) in [6, 6.07) is 4.27. The minimum Gasteiger partial charge on any atom is -0.320 e. The van der Waals surface area contributed by atoms with Crippen molar-refractivity contribution in [3.8, 4) is 0 Å². The molecule has 0 radical (unpaired) electrons. The first-order valence-electron chi connectivity index (χ1n) is 4.33. The molecule has 0 aromatic carbocycles. The Morgan fingerprint density at radius 2 is 2.20 bits per heavy atom. The molecule has 0 aliphatic heterocycles. The maximum absolute atomic E-state index is 6.23. The van der Waals surface area contributed by atoms with E-state index in [1.807, 2.05) is 0 Å². The van der Waals surface area contributed by atoms with Gasteiger partial charge >= 0.3 is 0 Å². The van der Waals surface area contributed by atoms with Gasteiger partial charge in [-0.25, -0.2) is 0 Å². The van der Waals surface area contributed by atoms with Crippen molar-refractivity contribution in [3.63, 3.8) is 0 Å². The molecule has 15 heavy (non-hydrogen) atoms. The van der Waals surface area contributed by atoms with Crippen molar-refractivity contribution < 1.29 is 0 Å². The number of hydrogen-bond donors (Lipinski definition) is 1. The third kappa shape index (κ3) is 2.63. The summed E-state index contributed by atoms with van der Waals surface area (Å²) < 4.78 is 2.40. The molecule has 5 heteroatoms. The Labute approximate surface area is 119 Å². The highest BCUT2D eigenvalue weighted by atomic mass is 127. The molecule has 2 heterocycles. The summed E-state index contributed by atoms with van der Waals surface area (Å²) >= 11 is 9.37. The fourth-order valence-electron chi connectivity index (χ4n) is 1.35. The fourth-order valence-corrected chi connectivity index (χ4v) is 4.69. The molecule has 0 aliphatic rings. The van der Waals surface area contributed by atoms with Crippen LogP contribution in [0.4, 0.5) is 0 Å². The first-order chi connectivity index (χ1) is 7.08. The van der Waals surface area contributed by atoms with Crippen LogP contribution in [-0.2, 0) is 0 Å². The Morgan fingerprint density at radius 3 is 2.67 bits per heavy atom. The van der Waals surface area contributed by atoms with Gasteiger partial charge < -0.3 is 5.73 Å². The van der Waals surface area contributed by atoms with Crippen LogP contribution in [0.3, 0.4) is 0 Å². The van der Waals surface area contributed by atoms with E-state index in [4.69, 9.17) is 5.73 Å². The lowest BCUT2D eigenvalue weighted by Gasteiger charge is -2.07. The zero-order valence-corrected chi connectivity index (χ0v) is 13.3. The molecule has 0 saturated heterocycles. The number of thiophene rings is 2. The van der Waals surface area contributed by atoms with E-state index < -0.39 is 0 Å². The summed E-state index contributed by atoms with van der Waals surface area (Å²) in [5.41, 5.74) is 7.43. The maximum Gasteiger partial charge on any atom is 0.0666 e. The zero-order chi connectivity index (χ0) is 11.0. The molecule has 2 aromatic heterocycles. The maximum atomic E-state index is 6.23. The van der Waals surface area contributed by atoms with E-state index in [1.165, 1.54) is 18.2 Å². The molecule has 2 aromatic rings. The predicted octanol–water partition coefficient (Wildman–Crippen LogP) is 4.53. The minimum absolute atomic E-state index is 0.00200. The van der Waals surface area contributed by atoms with Crippen LogP contribution in [0.1, 0.15) is 21.4 Å². The van der Waals surface area contributed by atoms with Gasteiger partial charge in [0.25, 0.3) is 0 Å². The highest BCUT2D eigenvalue weighted by Gasteiger charge is 2.16. The summed E-state index contributed by atoms with van der Waals surface area (Å²) in [6.07, 6.45) is 0. The topological polar surface area (TPSA) is 26.0 Å². The number of nitrogens with two attached hydrogens (primary N) is 1. The standard InChI is InChI=1S/C10H9BrINS2/c1-5-2-7(11)10(15-5)9(13)6-3-8(12)14-4-6/h2-4,9H,13H2,1H3. The van der Waals surface area contributed by atoms with E-state index in [2.05, 4.69) is 63.0 Å². The lowest BCUT2D eigenvalue weighted by molar-refractivity contribution is 0.894. The third-order valence-corrected chi connectivity index (χ3v) is 5.93. The molecule has 0 saturated carbocycles. The molecule has 80 valence electrons. The highest BCUT2D eigenvalue weighted by molar-refractivity contribution is 14.1. The average molecular weight is 414 g/mol. The van der Waals surface area contributed by atoms with Crippen molar-refractivity contribution in [3.05, 3.63) is 40.2 Å². The molecular formula is C10H9BrINS2. The van der Waals surface area contributed by atoms with Crippen molar-refractivity contribution in [1.29, 1.82) is 0 Å². The van der Waals surface area contributed by atoms with Gasteiger partial charge in [-0.1, -0.05) is 0 Å². The zero-order valence-electron chi connectivity index (χ0n) is 7.96. The molecular weight excluding hydrogens is 405 g/mol. The second kappa shape index (κ2) is 4.83. The van der Waals surface area contributed by atoms with Gasteiger partial charge in [-0.15, -0.1) is 22.7 Å². The molecule has 2 rings (SSSR count). The highest BCUT2D eigenvalue weighted by Crippen LogP contribution is 2.35. The van der Waals surface area contributed by atoms with Crippen LogP contribution in [0.25, 0.3) is 0 Å². The average Bonchev–Trinajstić information content (AvgIpc) is 2.71. The van der Waals surface area contributed by atoms with E-state index in [1.54, 1.807) is 22.7 Å². The van der Waals surface area contributed by atoms with E-state index in [0.29, 0.717) is 0 Å². The molecule has 1 nitrogen and oxygen atoms in total. The summed E-state index contributed by atoms with van der Waals surface area (Å²) in [5, 5.41) is 2.13. The summed E-state index contributed by atoms with van der Waals surface area (Å²) in [4.78, 5) is 2.50. The molecule has 0 bridgehead atoms. The van der Waals surface area contributed by atoms with Crippen LogP contribution in [0, 0.1) is 9.81 Å². The second-order valence-electron chi connectivity index (χ2n) is 3.23. The number of hydrogen-bond acceptors (Lipinski definition) is 3. The largest absolute Gasteiger partial charge is 0.320 e. The molecule has 1 atom stereocenters. The summed E-state index contributed by atoms with van der Waals surface area (Å²) in [6.45, 7) is 2.10. The van der Waals surface area contributed by atoms with Crippen LogP contribution < -0.4 is 5.73 Å². The van der Waals surface area contributed by atoms with Gasteiger partial charge in [0.05, 0.1) is 8.93 Å². The van der Waals surface area contributed by atoms with E-state index in [9.17, 15) is 0 Å². The van der Waals surface area contributed by atoms with E-state index in [0.717, 1.165) is 4.47 Å². The Balaban J connectivity index is 2.35. The van der Waals surface area contributed by atoms with Gasteiger partial charge in [0.15, 0.2) is 0 Å². The predicted molar refractivity (Wildman–Crippen MR) is 79.8 cm³/mol. The third-order valence-electron chi connectivity index (χ3n) is 2.07. The second-order valence-corrected chi connectivity index (χ2v) is 8.18. The first-order valence-corrected chi connectivity index (χ1v) is 7.90. The van der Waals surface area contributed by atoms with Gasteiger partial charge in [0.1, 0.15) is 0 Å². The molecule has 2 N–H and O–H groups in total. The number of halogens is 2. The van der Waals surface area contributed by atoms with Crippen LogP contribution in [-0.4, -0.2) is 0 Å². The van der Waals surface area contributed by atoms with Gasteiger partial charge in [-0.3, -0.25) is 0 Å². The number of aryl methyl sites for hydroxylation is 1. The number of rotatable bonds is 2. The van der Waals surface area contributed by atoms with Crippen LogP contribution >= 0.6 is 61.2 Å². The SMILES string of the molecule is Cc1cc(Br)c(C(N)c2csc(I)c2)s1. The minimum atomic E-state index is -0.00200. The van der Waals surface area contributed by atoms with Gasteiger partial charge in [-0.05, 0) is 68.5 Å². The van der Waals surface area contributed by atoms with Gasteiger partial charge in [0, 0.05) is 14.2 Å². The molecule has 0 amide bonds. The van der Waals surface area contributed by atoms with Crippen LogP contribution in [0.5, 0.6) is 0 Å². The van der Waals surface area contributed by atoms with E-state index >= 15 is 0 Å². The summed E-state index contributed by atoms with van der Waals surface area (Å²) in [7, 11) is 0. The van der Waals surface area contributed by atoms with Gasteiger partial charge in [-0.2, -0.15) is 0 Å². The fraction of sp³-hybridized carbons (Fsp3) is 0.200. The van der Waals surface area contributed by atoms with Crippen molar-refractivity contribution in [2.24, 2.45) is 5.73 Å². The lowest BCUT2D eigenvalue weighted by atomic mass is 10.1. The quantitative estimate of drug-likeness (QED) is 0.719. The molecule has 0 spiro atoms. The monoisotopic (exact) mass is 413 g/mol. The van der Waals surface area contributed by atoms with Crippen molar-refractivity contribution in [2.45, 2.75) is 13.0 Å². The molecule has 0 aliphatic carbocycles. The Morgan fingerprint density at radius 1 is 1.47 bits per heavy atom. The first kappa shape index (κ1) is 12.0. The van der Waals surface area contributed by atoms with Crippen LogP contribution in [0.15, 0.2) is 22.0 Å². The summed E-state index contributed by atoms with van der Waals surface area (Å²) in [5.74, 6) is 0.